The molecule has 1 atom stereocenters. The normalized spacial score (nSPS) is 12.0. The van der Waals surface area contributed by atoms with Crippen LogP contribution < -0.4 is 22.1 Å². The predicted molar refractivity (Wildman–Crippen MR) is 195 cm³/mol. The number of esters is 2. The highest BCUT2D eigenvalue weighted by Gasteiger charge is 2.25. The van der Waals surface area contributed by atoms with Crippen molar-refractivity contribution in [3.05, 3.63) is 94.7 Å². The van der Waals surface area contributed by atoms with E-state index in [9.17, 15) is 19.2 Å². The number of hydrogen-bond donors (Lipinski definition) is 5. The molecule has 2 amide bonds. The van der Waals surface area contributed by atoms with Gasteiger partial charge in [-0.05, 0) is 99.0 Å². The number of nitrogen functional groups attached to an aromatic ring is 2. The highest BCUT2D eigenvalue weighted by Crippen LogP contribution is 2.25. The Balaban J connectivity index is 1.14. The van der Waals surface area contributed by atoms with Crippen LogP contribution in [0.25, 0.3) is 21.8 Å². The molecule has 0 saturated heterocycles. The minimum Gasteiger partial charge on any atom is -0.467 e. The van der Waals surface area contributed by atoms with Crippen molar-refractivity contribution in [3.8, 4) is 0 Å². The summed E-state index contributed by atoms with van der Waals surface area (Å²) in [6.07, 6.45) is 4.76. The Morgan fingerprint density at radius 2 is 1.57 bits per heavy atom. The third kappa shape index (κ3) is 9.18. The van der Waals surface area contributed by atoms with E-state index in [1.165, 1.54) is 7.11 Å². The average Bonchev–Trinajstić information content (AvgIpc) is 3.50. The summed E-state index contributed by atoms with van der Waals surface area (Å²) in [6, 6.07) is 17.0. The SMILES string of the molecule is COC(=O)[C@H](CCCNC(=O)c1cc2ccccc2cc1C(=O)OC(C)(C)C)NC(=O)c1ccc(CCCc2c[nH]c3nc(N)nc(N)c23)cc1. The van der Waals surface area contributed by atoms with Crippen molar-refractivity contribution < 1.29 is 28.7 Å². The number of anilines is 2. The fraction of sp³-hybridized carbons (Fsp3) is 0.316. The van der Waals surface area contributed by atoms with Crippen LogP contribution in [0.15, 0.2) is 66.9 Å². The molecule has 0 unspecified atom stereocenters. The number of carbonyl (C=O) groups excluding carboxylic acids is 4. The van der Waals surface area contributed by atoms with E-state index >= 15 is 0 Å². The third-order valence-corrected chi connectivity index (χ3v) is 8.28. The smallest absolute Gasteiger partial charge is 0.339 e. The number of H-pyrrole nitrogens is 1. The van der Waals surface area contributed by atoms with E-state index in [0.717, 1.165) is 46.5 Å². The first-order valence-electron chi connectivity index (χ1n) is 16.7. The highest BCUT2D eigenvalue weighted by molar-refractivity contribution is 6.09. The minimum absolute atomic E-state index is 0.119. The molecule has 5 aromatic rings. The van der Waals surface area contributed by atoms with E-state index in [2.05, 4.69) is 25.6 Å². The van der Waals surface area contributed by atoms with Crippen molar-refractivity contribution in [2.45, 2.75) is 64.5 Å². The van der Waals surface area contributed by atoms with Gasteiger partial charge >= 0.3 is 11.9 Å². The number of aromatic nitrogens is 3. The molecule has 5 rings (SSSR count). The van der Waals surface area contributed by atoms with Gasteiger partial charge in [-0.1, -0.05) is 36.4 Å². The van der Waals surface area contributed by atoms with Crippen molar-refractivity contribution in [2.24, 2.45) is 0 Å². The third-order valence-electron chi connectivity index (χ3n) is 8.28. The molecule has 0 saturated carbocycles. The number of nitrogens with zero attached hydrogens (tertiary/aromatic N) is 2. The zero-order valence-electron chi connectivity index (χ0n) is 29.2. The van der Waals surface area contributed by atoms with Crippen LogP contribution in [0.1, 0.15) is 82.2 Å². The van der Waals surface area contributed by atoms with Crippen molar-refractivity contribution in [1.82, 2.24) is 25.6 Å². The van der Waals surface area contributed by atoms with Crippen LogP contribution in [0.2, 0.25) is 0 Å². The van der Waals surface area contributed by atoms with E-state index in [1.807, 2.05) is 42.6 Å². The van der Waals surface area contributed by atoms with E-state index in [4.69, 9.17) is 20.9 Å². The molecule has 7 N–H and O–H groups in total. The van der Waals surface area contributed by atoms with Crippen LogP contribution in [-0.4, -0.2) is 64.0 Å². The molecule has 0 bridgehead atoms. The van der Waals surface area contributed by atoms with Crippen molar-refractivity contribution in [1.29, 1.82) is 0 Å². The molecule has 0 spiro atoms. The van der Waals surface area contributed by atoms with Crippen LogP contribution in [-0.2, 0) is 27.1 Å². The molecule has 0 aliphatic rings. The second kappa shape index (κ2) is 15.7. The maximum Gasteiger partial charge on any atom is 0.339 e. The second-order valence-corrected chi connectivity index (χ2v) is 13.2. The summed E-state index contributed by atoms with van der Waals surface area (Å²) in [5.74, 6) is -1.61. The van der Waals surface area contributed by atoms with E-state index < -0.39 is 35.4 Å². The Labute approximate surface area is 295 Å². The van der Waals surface area contributed by atoms with Gasteiger partial charge in [0, 0.05) is 18.3 Å². The van der Waals surface area contributed by atoms with Gasteiger partial charge in [0.25, 0.3) is 11.8 Å². The number of carbonyl (C=O) groups is 4. The molecular weight excluding hydrogens is 650 g/mol. The molecule has 0 radical (unpaired) electrons. The second-order valence-electron chi connectivity index (χ2n) is 13.2. The highest BCUT2D eigenvalue weighted by atomic mass is 16.6. The topological polar surface area (TPSA) is 204 Å². The number of benzene rings is 3. The van der Waals surface area contributed by atoms with Gasteiger partial charge in [0.1, 0.15) is 23.1 Å². The average molecular weight is 694 g/mol. The first-order chi connectivity index (χ1) is 24.3. The predicted octanol–water partition coefficient (Wildman–Crippen LogP) is 4.89. The van der Waals surface area contributed by atoms with Crippen molar-refractivity contribution in [2.75, 3.05) is 25.1 Å². The number of nitrogens with one attached hydrogen (secondary N) is 3. The number of fused-ring (bicyclic) bond motifs is 2. The Bertz CT molecular complexity index is 2070. The zero-order valence-corrected chi connectivity index (χ0v) is 29.2. The van der Waals surface area contributed by atoms with Crippen LogP contribution in [0.4, 0.5) is 11.8 Å². The van der Waals surface area contributed by atoms with Gasteiger partial charge in [-0.25, -0.2) is 9.59 Å². The molecule has 2 aromatic heterocycles. The lowest BCUT2D eigenvalue weighted by molar-refractivity contribution is -0.143. The Morgan fingerprint density at radius 1 is 0.882 bits per heavy atom. The van der Waals surface area contributed by atoms with Gasteiger partial charge in [0.2, 0.25) is 5.95 Å². The number of rotatable bonds is 13. The fourth-order valence-corrected chi connectivity index (χ4v) is 5.81. The number of nitrogens with two attached hydrogens (primary N) is 2. The molecular formula is C38H43N7O6. The van der Waals surface area contributed by atoms with Crippen LogP contribution >= 0.6 is 0 Å². The lowest BCUT2D eigenvalue weighted by atomic mass is 10.00. The van der Waals surface area contributed by atoms with Gasteiger partial charge in [0.15, 0.2) is 0 Å². The minimum atomic E-state index is -0.931. The maximum absolute atomic E-state index is 13.3. The van der Waals surface area contributed by atoms with E-state index in [0.29, 0.717) is 23.4 Å². The number of aromatic amines is 1. The Hall–Kier alpha value is -5.98. The van der Waals surface area contributed by atoms with Gasteiger partial charge in [0.05, 0.1) is 23.6 Å². The summed E-state index contributed by atoms with van der Waals surface area (Å²) in [6.45, 7) is 5.47. The Morgan fingerprint density at radius 3 is 2.24 bits per heavy atom. The van der Waals surface area contributed by atoms with Crippen LogP contribution in [0, 0.1) is 0 Å². The van der Waals surface area contributed by atoms with Gasteiger partial charge < -0.3 is 36.6 Å². The van der Waals surface area contributed by atoms with Crippen LogP contribution in [0.5, 0.6) is 0 Å². The molecule has 0 fully saturated rings. The van der Waals surface area contributed by atoms with Gasteiger partial charge in [-0.2, -0.15) is 9.97 Å². The summed E-state index contributed by atoms with van der Waals surface area (Å²) < 4.78 is 10.5. The first-order valence-corrected chi connectivity index (χ1v) is 16.7. The lowest BCUT2D eigenvalue weighted by Gasteiger charge is -2.21. The number of methoxy groups -OCH3 is 1. The van der Waals surface area contributed by atoms with Crippen molar-refractivity contribution >= 4 is 57.3 Å². The molecule has 0 aliphatic heterocycles. The van der Waals surface area contributed by atoms with Crippen LogP contribution in [0.3, 0.4) is 0 Å². The Kier molecular flexibility index (Phi) is 11.2. The van der Waals surface area contributed by atoms with E-state index in [1.54, 1.807) is 45.0 Å². The first kappa shape index (κ1) is 36.3. The molecule has 3 aromatic carbocycles. The molecule has 51 heavy (non-hydrogen) atoms. The number of hydrogen-bond acceptors (Lipinski definition) is 10. The summed E-state index contributed by atoms with van der Waals surface area (Å²) in [5, 5.41) is 7.96. The largest absolute Gasteiger partial charge is 0.467 e. The molecule has 0 aliphatic carbocycles. The fourth-order valence-electron chi connectivity index (χ4n) is 5.81. The summed E-state index contributed by atoms with van der Waals surface area (Å²) in [7, 11) is 1.25. The van der Waals surface area contributed by atoms with E-state index in [-0.39, 0.29) is 30.0 Å². The summed E-state index contributed by atoms with van der Waals surface area (Å²) >= 11 is 0. The molecule has 13 nitrogen and oxygen atoms in total. The standard InChI is InChI=1S/C38H43N7O6/c1-38(2,3)51-35(48)28-20-25-11-6-5-10-24(25)19-27(28)34(47)41-18-8-13-29(36(49)50-4)43-33(46)23-16-14-22(15-17-23)9-7-12-26-21-42-32-30(26)31(39)44-37(40)45-32/h5-6,10-11,14-17,19-21,29H,7-9,12-13,18H2,1-4H3,(H,41,47)(H,43,46)(H5,39,40,42,44,45)/t29-/m0/s1. The zero-order chi connectivity index (χ0) is 36.7. The monoisotopic (exact) mass is 693 g/mol. The van der Waals surface area contributed by atoms with Gasteiger partial charge in [-0.15, -0.1) is 0 Å². The summed E-state index contributed by atoms with van der Waals surface area (Å²) in [5.41, 5.74) is 14.4. The molecule has 266 valence electrons. The number of amides is 2. The quantitative estimate of drug-likeness (QED) is 0.0834. The number of aryl methyl sites for hydroxylation is 2. The maximum atomic E-state index is 13.3. The molecule has 2 heterocycles. The summed E-state index contributed by atoms with van der Waals surface area (Å²) in [4.78, 5) is 63.4. The molecule has 13 heteroatoms. The van der Waals surface area contributed by atoms with Crippen molar-refractivity contribution in [3.63, 3.8) is 0 Å². The lowest BCUT2D eigenvalue weighted by Crippen LogP contribution is -2.42. The van der Waals surface area contributed by atoms with Gasteiger partial charge in [-0.3, -0.25) is 9.59 Å². The number of ether oxygens (including phenoxy) is 2.